The number of hydrogen-bond acceptors (Lipinski definition) is 4. The van der Waals surface area contributed by atoms with E-state index in [0.717, 1.165) is 34.6 Å². The van der Waals surface area contributed by atoms with Gasteiger partial charge in [0.25, 0.3) is 0 Å². The lowest BCUT2D eigenvalue weighted by atomic mass is 10.1. The van der Waals surface area contributed by atoms with Gasteiger partial charge in [0, 0.05) is 20.2 Å². The fourth-order valence-corrected chi connectivity index (χ4v) is 2.58. The Labute approximate surface area is 147 Å². The summed E-state index contributed by atoms with van der Waals surface area (Å²) in [6, 6.07) is 13.6. The third-order valence-corrected chi connectivity index (χ3v) is 3.92. The van der Waals surface area contributed by atoms with Crippen molar-refractivity contribution < 1.29 is 19.0 Å². The maximum Gasteiger partial charge on any atom is 0.315 e. The molecule has 0 unspecified atom stereocenters. The van der Waals surface area contributed by atoms with Gasteiger partial charge in [-0.1, -0.05) is 30.3 Å². The van der Waals surface area contributed by atoms with Crippen LogP contribution in [-0.2, 0) is 24.3 Å². The highest BCUT2D eigenvalue weighted by Crippen LogP contribution is 2.32. The fraction of sp³-hybridized carbons (Fsp3) is 0.316. The molecule has 6 heteroatoms. The van der Waals surface area contributed by atoms with Crippen molar-refractivity contribution in [2.24, 2.45) is 0 Å². The first-order chi connectivity index (χ1) is 12.2. The lowest BCUT2D eigenvalue weighted by Crippen LogP contribution is -2.36. The van der Waals surface area contributed by atoms with Crippen LogP contribution in [0.15, 0.2) is 42.5 Å². The maximum absolute atomic E-state index is 11.9. The third-order valence-electron chi connectivity index (χ3n) is 3.92. The van der Waals surface area contributed by atoms with E-state index in [1.807, 2.05) is 42.5 Å². The van der Waals surface area contributed by atoms with Crippen LogP contribution in [0.25, 0.3) is 0 Å². The Hall–Kier alpha value is -2.73. The van der Waals surface area contributed by atoms with E-state index in [-0.39, 0.29) is 12.8 Å². The van der Waals surface area contributed by atoms with E-state index >= 15 is 0 Å². The lowest BCUT2D eigenvalue weighted by molar-refractivity contribution is 0.174. The van der Waals surface area contributed by atoms with Crippen molar-refractivity contribution >= 4 is 6.03 Å². The van der Waals surface area contributed by atoms with E-state index in [2.05, 4.69) is 10.6 Å². The van der Waals surface area contributed by atoms with Gasteiger partial charge in [-0.05, 0) is 35.2 Å². The summed E-state index contributed by atoms with van der Waals surface area (Å²) >= 11 is 0. The third kappa shape index (κ3) is 4.87. The first-order valence-corrected chi connectivity index (χ1v) is 8.21. The zero-order chi connectivity index (χ0) is 17.5. The molecule has 0 atom stereocenters. The Morgan fingerprint density at radius 3 is 2.52 bits per heavy atom. The van der Waals surface area contributed by atoms with Gasteiger partial charge in [-0.2, -0.15) is 0 Å². The summed E-state index contributed by atoms with van der Waals surface area (Å²) in [6.07, 6.45) is 0.732. The molecule has 6 nitrogen and oxygen atoms in total. The summed E-state index contributed by atoms with van der Waals surface area (Å²) in [5.41, 5.74) is 3.25. The quantitative estimate of drug-likeness (QED) is 0.812. The zero-order valence-electron chi connectivity index (χ0n) is 14.2. The zero-order valence-corrected chi connectivity index (χ0v) is 14.2. The summed E-state index contributed by atoms with van der Waals surface area (Å²) in [5.74, 6) is 1.53. The van der Waals surface area contributed by atoms with Crippen molar-refractivity contribution in [1.82, 2.24) is 10.6 Å². The molecule has 0 saturated heterocycles. The highest BCUT2D eigenvalue weighted by molar-refractivity contribution is 5.73. The Morgan fingerprint density at radius 2 is 1.72 bits per heavy atom. The number of urea groups is 1. The van der Waals surface area contributed by atoms with E-state index in [4.69, 9.17) is 14.2 Å². The van der Waals surface area contributed by atoms with Crippen LogP contribution in [0.5, 0.6) is 11.5 Å². The molecule has 0 fully saturated rings. The van der Waals surface area contributed by atoms with Gasteiger partial charge in [0.15, 0.2) is 11.5 Å². The average molecular weight is 342 g/mol. The van der Waals surface area contributed by atoms with E-state index in [1.54, 1.807) is 7.11 Å². The van der Waals surface area contributed by atoms with Crippen molar-refractivity contribution in [2.45, 2.75) is 19.6 Å². The Kier molecular flexibility index (Phi) is 5.74. The van der Waals surface area contributed by atoms with Crippen LogP contribution in [-0.4, -0.2) is 26.5 Å². The number of fused-ring (bicyclic) bond motifs is 1. The molecule has 3 rings (SSSR count). The largest absolute Gasteiger partial charge is 0.454 e. The SMILES string of the molecule is COCc1ccc(CNC(=O)NCCc2ccc3c(c2)OCO3)cc1. The Balaban J connectivity index is 1.38. The number of ether oxygens (including phenoxy) is 3. The summed E-state index contributed by atoms with van der Waals surface area (Å²) < 4.78 is 15.7. The topological polar surface area (TPSA) is 68.8 Å². The van der Waals surface area contributed by atoms with Gasteiger partial charge < -0.3 is 24.8 Å². The number of carbonyl (C=O) groups excluding carboxylic acids is 1. The van der Waals surface area contributed by atoms with Crippen LogP contribution >= 0.6 is 0 Å². The van der Waals surface area contributed by atoms with Crippen LogP contribution in [0.4, 0.5) is 4.79 Å². The van der Waals surface area contributed by atoms with Gasteiger partial charge in [-0.3, -0.25) is 0 Å². The number of carbonyl (C=O) groups is 1. The summed E-state index contributed by atoms with van der Waals surface area (Å²) in [4.78, 5) is 11.9. The number of nitrogens with one attached hydrogen (secondary N) is 2. The standard InChI is InChI=1S/C19H22N2O4/c1-23-12-16-4-2-15(3-5-16)11-21-19(22)20-9-8-14-6-7-17-18(10-14)25-13-24-17/h2-7,10H,8-9,11-13H2,1H3,(H2,20,21,22). The smallest absolute Gasteiger partial charge is 0.315 e. The highest BCUT2D eigenvalue weighted by Gasteiger charge is 2.13. The van der Waals surface area contributed by atoms with Gasteiger partial charge in [0.1, 0.15) is 0 Å². The molecule has 2 N–H and O–H groups in total. The van der Waals surface area contributed by atoms with Gasteiger partial charge in [-0.15, -0.1) is 0 Å². The number of benzene rings is 2. The van der Waals surface area contributed by atoms with Gasteiger partial charge >= 0.3 is 6.03 Å². The normalized spacial score (nSPS) is 12.0. The molecule has 1 aliphatic heterocycles. The minimum Gasteiger partial charge on any atom is -0.454 e. The number of methoxy groups -OCH3 is 1. The molecule has 2 amide bonds. The molecule has 0 radical (unpaired) electrons. The first-order valence-electron chi connectivity index (χ1n) is 8.21. The molecule has 132 valence electrons. The molecule has 0 saturated carbocycles. The van der Waals surface area contributed by atoms with Crippen LogP contribution in [0.3, 0.4) is 0 Å². The van der Waals surface area contributed by atoms with Gasteiger partial charge in [0.05, 0.1) is 6.61 Å². The molecule has 0 spiro atoms. The summed E-state index contributed by atoms with van der Waals surface area (Å²) in [5, 5.41) is 5.71. The van der Waals surface area contributed by atoms with Gasteiger partial charge in [0.2, 0.25) is 6.79 Å². The minimum atomic E-state index is -0.179. The van der Waals surface area contributed by atoms with E-state index in [9.17, 15) is 4.79 Å². The molecule has 0 aliphatic carbocycles. The van der Waals surface area contributed by atoms with E-state index in [1.165, 1.54) is 0 Å². The van der Waals surface area contributed by atoms with Gasteiger partial charge in [-0.25, -0.2) is 4.79 Å². The predicted octanol–water partition coefficient (Wildman–Crippen LogP) is 2.60. The molecule has 0 bridgehead atoms. The molecule has 2 aromatic carbocycles. The number of hydrogen-bond donors (Lipinski definition) is 2. The monoisotopic (exact) mass is 342 g/mol. The van der Waals surface area contributed by atoms with Crippen LogP contribution in [0.1, 0.15) is 16.7 Å². The lowest BCUT2D eigenvalue weighted by Gasteiger charge is -2.09. The molecule has 1 aliphatic rings. The average Bonchev–Trinajstić information content (AvgIpc) is 3.09. The van der Waals surface area contributed by atoms with Crippen LogP contribution in [0.2, 0.25) is 0 Å². The second-order valence-corrected chi connectivity index (χ2v) is 5.80. The Bertz CT molecular complexity index is 716. The molecular formula is C19H22N2O4. The second-order valence-electron chi connectivity index (χ2n) is 5.80. The number of amides is 2. The predicted molar refractivity (Wildman–Crippen MR) is 93.7 cm³/mol. The van der Waals surface area contributed by atoms with Crippen LogP contribution < -0.4 is 20.1 Å². The van der Waals surface area contributed by atoms with Crippen molar-refractivity contribution in [2.75, 3.05) is 20.4 Å². The summed E-state index contributed by atoms with van der Waals surface area (Å²) in [6.45, 7) is 1.90. The van der Waals surface area contributed by atoms with Crippen molar-refractivity contribution in [3.8, 4) is 11.5 Å². The maximum atomic E-state index is 11.9. The molecule has 1 heterocycles. The van der Waals surface area contributed by atoms with Crippen molar-refractivity contribution in [3.63, 3.8) is 0 Å². The van der Waals surface area contributed by atoms with Crippen LogP contribution in [0, 0.1) is 0 Å². The summed E-state index contributed by atoms with van der Waals surface area (Å²) in [7, 11) is 1.67. The first kappa shape index (κ1) is 17.1. The molecule has 2 aromatic rings. The van der Waals surface area contributed by atoms with Crippen molar-refractivity contribution in [1.29, 1.82) is 0 Å². The number of rotatable bonds is 7. The Morgan fingerprint density at radius 1 is 1.00 bits per heavy atom. The molecule has 0 aromatic heterocycles. The highest BCUT2D eigenvalue weighted by atomic mass is 16.7. The van der Waals surface area contributed by atoms with Crippen molar-refractivity contribution in [3.05, 3.63) is 59.2 Å². The minimum absolute atomic E-state index is 0.179. The van der Waals surface area contributed by atoms with E-state index in [0.29, 0.717) is 19.7 Å². The second kappa shape index (κ2) is 8.39. The molecular weight excluding hydrogens is 320 g/mol. The molecule has 25 heavy (non-hydrogen) atoms. The fourth-order valence-electron chi connectivity index (χ4n) is 2.58. The van der Waals surface area contributed by atoms with E-state index < -0.39 is 0 Å².